The summed E-state index contributed by atoms with van der Waals surface area (Å²) in [4.78, 5) is 0. The van der Waals surface area contributed by atoms with Crippen molar-refractivity contribution in [1.82, 2.24) is 0 Å². The van der Waals surface area contributed by atoms with Gasteiger partial charge in [-0.25, -0.2) is 0 Å². The molecule has 1 unspecified atom stereocenters. The maximum atomic E-state index is 6.34. The molecule has 0 fully saturated rings. The molecule has 1 atom stereocenters. The first-order chi connectivity index (χ1) is 9.65. The molecule has 0 saturated heterocycles. The summed E-state index contributed by atoms with van der Waals surface area (Å²) in [6.45, 7) is 0.696. The summed E-state index contributed by atoms with van der Waals surface area (Å²) in [5, 5.41) is 1.45. The number of nitrogens with two attached hydrogens (primary N) is 1. The molecule has 0 amide bonds. The second kappa shape index (κ2) is 5.65. The Hall–Kier alpha value is -1.22. The summed E-state index contributed by atoms with van der Waals surface area (Å²) in [5.41, 5.74) is 9.48. The van der Waals surface area contributed by atoms with Gasteiger partial charge in [0.1, 0.15) is 5.75 Å². The zero-order valence-corrected chi connectivity index (χ0v) is 12.4. The van der Waals surface area contributed by atoms with Gasteiger partial charge in [-0.2, -0.15) is 0 Å². The van der Waals surface area contributed by atoms with E-state index in [2.05, 4.69) is 0 Å². The third-order valence-electron chi connectivity index (χ3n) is 3.57. The van der Waals surface area contributed by atoms with Gasteiger partial charge in [-0.15, -0.1) is 0 Å². The second-order valence-electron chi connectivity index (χ2n) is 4.98. The first kappa shape index (κ1) is 13.7. The van der Waals surface area contributed by atoms with E-state index in [0.29, 0.717) is 18.1 Å². The zero-order chi connectivity index (χ0) is 14.1. The third kappa shape index (κ3) is 2.64. The standard InChI is InChI=1S/C16H15Cl2NO/c17-12-7-11-5-6-20-16(11)13(9-12)15(19)8-10-3-1-2-4-14(10)18/h1-4,7,9,15H,5-6,8,19H2. The molecule has 2 nitrogen and oxygen atoms in total. The van der Waals surface area contributed by atoms with Gasteiger partial charge in [-0.3, -0.25) is 0 Å². The molecule has 104 valence electrons. The fourth-order valence-corrected chi connectivity index (χ4v) is 3.05. The van der Waals surface area contributed by atoms with Crippen LogP contribution in [0.3, 0.4) is 0 Å². The van der Waals surface area contributed by atoms with Crippen molar-refractivity contribution in [2.45, 2.75) is 18.9 Å². The van der Waals surface area contributed by atoms with Crippen LogP contribution in [-0.4, -0.2) is 6.61 Å². The number of halogens is 2. The molecule has 0 radical (unpaired) electrons. The Morgan fingerprint density at radius 2 is 2.00 bits per heavy atom. The number of benzene rings is 2. The molecule has 4 heteroatoms. The fourth-order valence-electron chi connectivity index (χ4n) is 2.58. The van der Waals surface area contributed by atoms with E-state index in [-0.39, 0.29) is 6.04 Å². The van der Waals surface area contributed by atoms with E-state index < -0.39 is 0 Å². The molecule has 1 aliphatic heterocycles. The molecule has 0 bridgehead atoms. The minimum Gasteiger partial charge on any atom is -0.493 e. The number of ether oxygens (including phenoxy) is 1. The van der Waals surface area contributed by atoms with Gasteiger partial charge in [0.05, 0.1) is 6.61 Å². The van der Waals surface area contributed by atoms with E-state index in [0.717, 1.165) is 33.9 Å². The normalized spacial score (nSPS) is 14.8. The van der Waals surface area contributed by atoms with Crippen LogP contribution in [0.5, 0.6) is 5.75 Å². The van der Waals surface area contributed by atoms with Crippen LogP contribution in [0.2, 0.25) is 10.0 Å². The van der Waals surface area contributed by atoms with Gasteiger partial charge >= 0.3 is 0 Å². The average Bonchev–Trinajstić information content (AvgIpc) is 2.88. The summed E-state index contributed by atoms with van der Waals surface area (Å²) < 4.78 is 5.70. The molecule has 20 heavy (non-hydrogen) atoms. The predicted octanol–water partition coefficient (Wildman–Crippen LogP) is 4.17. The first-order valence-corrected chi connectivity index (χ1v) is 7.35. The Morgan fingerprint density at radius 3 is 2.80 bits per heavy atom. The molecule has 2 N–H and O–H groups in total. The minimum atomic E-state index is -0.180. The summed E-state index contributed by atoms with van der Waals surface area (Å²) in [7, 11) is 0. The highest BCUT2D eigenvalue weighted by Crippen LogP contribution is 2.37. The van der Waals surface area contributed by atoms with Crippen molar-refractivity contribution in [1.29, 1.82) is 0 Å². The highest BCUT2D eigenvalue weighted by Gasteiger charge is 2.22. The van der Waals surface area contributed by atoms with Gasteiger partial charge < -0.3 is 10.5 Å². The van der Waals surface area contributed by atoms with Crippen LogP contribution in [0.1, 0.15) is 22.7 Å². The number of fused-ring (bicyclic) bond motifs is 1. The Morgan fingerprint density at radius 1 is 1.20 bits per heavy atom. The second-order valence-corrected chi connectivity index (χ2v) is 5.83. The van der Waals surface area contributed by atoms with Crippen LogP contribution in [0.15, 0.2) is 36.4 Å². The molecule has 1 heterocycles. The highest BCUT2D eigenvalue weighted by atomic mass is 35.5. The smallest absolute Gasteiger partial charge is 0.127 e. The van der Waals surface area contributed by atoms with Gasteiger partial charge in [0.25, 0.3) is 0 Å². The van der Waals surface area contributed by atoms with Crippen LogP contribution in [0.25, 0.3) is 0 Å². The van der Waals surface area contributed by atoms with Gasteiger partial charge in [-0.1, -0.05) is 41.4 Å². The van der Waals surface area contributed by atoms with Crippen LogP contribution >= 0.6 is 23.2 Å². The summed E-state index contributed by atoms with van der Waals surface area (Å²) >= 11 is 12.4. The summed E-state index contributed by atoms with van der Waals surface area (Å²) in [5.74, 6) is 0.897. The molecule has 0 aromatic heterocycles. The van der Waals surface area contributed by atoms with Crippen molar-refractivity contribution in [3.05, 3.63) is 63.1 Å². The SMILES string of the molecule is NC(Cc1ccccc1Cl)c1cc(Cl)cc2c1OCC2. The molecule has 3 rings (SSSR count). The van der Waals surface area contributed by atoms with Gasteiger partial charge in [0.15, 0.2) is 0 Å². The van der Waals surface area contributed by atoms with Crippen molar-refractivity contribution in [2.24, 2.45) is 5.73 Å². The van der Waals surface area contributed by atoms with Crippen LogP contribution in [0, 0.1) is 0 Å². The van der Waals surface area contributed by atoms with Crippen molar-refractivity contribution in [3.8, 4) is 5.75 Å². The lowest BCUT2D eigenvalue weighted by Crippen LogP contribution is -2.14. The highest BCUT2D eigenvalue weighted by molar-refractivity contribution is 6.31. The van der Waals surface area contributed by atoms with Crippen molar-refractivity contribution >= 4 is 23.2 Å². The molecule has 0 saturated carbocycles. The van der Waals surface area contributed by atoms with E-state index in [1.807, 2.05) is 36.4 Å². The monoisotopic (exact) mass is 307 g/mol. The summed E-state index contributed by atoms with van der Waals surface area (Å²) in [6.07, 6.45) is 1.55. The number of hydrogen-bond acceptors (Lipinski definition) is 2. The van der Waals surface area contributed by atoms with E-state index in [1.165, 1.54) is 0 Å². The van der Waals surface area contributed by atoms with Crippen molar-refractivity contribution < 1.29 is 4.74 Å². The van der Waals surface area contributed by atoms with Crippen molar-refractivity contribution in [3.63, 3.8) is 0 Å². The molecule has 2 aromatic rings. The largest absolute Gasteiger partial charge is 0.493 e. The van der Waals surface area contributed by atoms with E-state index in [9.17, 15) is 0 Å². The Labute approximate surface area is 128 Å². The number of hydrogen-bond donors (Lipinski definition) is 1. The lowest BCUT2D eigenvalue weighted by atomic mass is 9.97. The zero-order valence-electron chi connectivity index (χ0n) is 10.9. The van der Waals surface area contributed by atoms with Gasteiger partial charge in [0, 0.05) is 28.1 Å². The topological polar surface area (TPSA) is 35.2 Å². The molecular weight excluding hydrogens is 293 g/mol. The Kier molecular flexibility index (Phi) is 3.88. The van der Waals surface area contributed by atoms with Crippen LogP contribution < -0.4 is 10.5 Å². The third-order valence-corrected chi connectivity index (χ3v) is 4.16. The Bertz CT molecular complexity index is 642. The van der Waals surface area contributed by atoms with E-state index in [1.54, 1.807) is 0 Å². The van der Waals surface area contributed by atoms with E-state index >= 15 is 0 Å². The first-order valence-electron chi connectivity index (χ1n) is 6.59. The van der Waals surface area contributed by atoms with Crippen LogP contribution in [0.4, 0.5) is 0 Å². The molecule has 2 aromatic carbocycles. The van der Waals surface area contributed by atoms with Gasteiger partial charge in [0.2, 0.25) is 0 Å². The predicted molar refractivity (Wildman–Crippen MR) is 82.7 cm³/mol. The fraction of sp³-hybridized carbons (Fsp3) is 0.250. The molecule has 1 aliphatic rings. The van der Waals surface area contributed by atoms with E-state index in [4.69, 9.17) is 33.7 Å². The number of rotatable bonds is 3. The molecule has 0 aliphatic carbocycles. The summed E-state index contributed by atoms with van der Waals surface area (Å²) in [6, 6.07) is 11.4. The quantitative estimate of drug-likeness (QED) is 0.923. The molecular formula is C16H15Cl2NO. The lowest BCUT2D eigenvalue weighted by molar-refractivity contribution is 0.351. The maximum Gasteiger partial charge on any atom is 0.127 e. The van der Waals surface area contributed by atoms with Gasteiger partial charge in [-0.05, 0) is 35.7 Å². The lowest BCUT2D eigenvalue weighted by Gasteiger charge is -2.17. The maximum absolute atomic E-state index is 6.34. The average molecular weight is 308 g/mol. The van der Waals surface area contributed by atoms with Crippen LogP contribution in [-0.2, 0) is 12.8 Å². The molecule has 0 spiro atoms. The van der Waals surface area contributed by atoms with Crippen molar-refractivity contribution in [2.75, 3.05) is 6.61 Å². The minimum absolute atomic E-state index is 0.180. The Balaban J connectivity index is 1.92.